The molecule has 1 aromatic heterocycles. The van der Waals surface area contributed by atoms with Gasteiger partial charge in [0, 0.05) is 45.3 Å². The molecule has 5 heteroatoms. The van der Waals surface area contributed by atoms with Crippen LogP contribution < -0.4 is 10.6 Å². The SMILES string of the molecule is CC[C@@H](N)c1cnc(N2CCN(C(C)=O)CC2)c(C)c1. The molecule has 0 spiro atoms. The van der Waals surface area contributed by atoms with Gasteiger partial charge in [0.15, 0.2) is 0 Å². The van der Waals surface area contributed by atoms with Crippen LogP contribution in [0.4, 0.5) is 5.82 Å². The highest BCUT2D eigenvalue weighted by atomic mass is 16.2. The Labute approximate surface area is 120 Å². The molecule has 0 unspecified atom stereocenters. The first-order valence-corrected chi connectivity index (χ1v) is 7.25. The summed E-state index contributed by atoms with van der Waals surface area (Å²) in [6.45, 7) is 9.00. The molecule has 0 radical (unpaired) electrons. The highest BCUT2D eigenvalue weighted by Gasteiger charge is 2.21. The number of hydrogen-bond donors (Lipinski definition) is 1. The third kappa shape index (κ3) is 3.10. The van der Waals surface area contributed by atoms with Gasteiger partial charge in [-0.25, -0.2) is 4.98 Å². The van der Waals surface area contributed by atoms with Gasteiger partial charge in [0.05, 0.1) is 0 Å². The zero-order valence-corrected chi connectivity index (χ0v) is 12.6. The summed E-state index contributed by atoms with van der Waals surface area (Å²) >= 11 is 0. The molecule has 1 amide bonds. The van der Waals surface area contributed by atoms with Gasteiger partial charge >= 0.3 is 0 Å². The number of carbonyl (C=O) groups is 1. The van der Waals surface area contributed by atoms with Gasteiger partial charge in [-0.15, -0.1) is 0 Å². The number of pyridine rings is 1. The quantitative estimate of drug-likeness (QED) is 0.908. The molecule has 1 fully saturated rings. The Balaban J connectivity index is 2.09. The first-order valence-electron chi connectivity index (χ1n) is 7.25. The van der Waals surface area contributed by atoms with E-state index in [0.717, 1.165) is 49.5 Å². The van der Waals surface area contributed by atoms with E-state index in [1.54, 1.807) is 6.92 Å². The Bertz CT molecular complexity index is 481. The van der Waals surface area contributed by atoms with Crippen molar-refractivity contribution in [3.8, 4) is 0 Å². The second-order valence-corrected chi connectivity index (χ2v) is 5.42. The molecule has 0 saturated carbocycles. The zero-order valence-electron chi connectivity index (χ0n) is 12.6. The highest BCUT2D eigenvalue weighted by Crippen LogP contribution is 2.22. The zero-order chi connectivity index (χ0) is 14.7. The van der Waals surface area contributed by atoms with E-state index in [2.05, 4.69) is 29.8 Å². The van der Waals surface area contributed by atoms with Crippen LogP contribution in [0.5, 0.6) is 0 Å². The normalized spacial score (nSPS) is 17.2. The molecular weight excluding hydrogens is 252 g/mol. The van der Waals surface area contributed by atoms with E-state index in [-0.39, 0.29) is 11.9 Å². The van der Waals surface area contributed by atoms with E-state index in [4.69, 9.17) is 5.73 Å². The van der Waals surface area contributed by atoms with E-state index < -0.39 is 0 Å². The van der Waals surface area contributed by atoms with E-state index in [1.165, 1.54) is 0 Å². The van der Waals surface area contributed by atoms with Crippen LogP contribution in [0.25, 0.3) is 0 Å². The van der Waals surface area contributed by atoms with Crippen molar-refractivity contribution in [2.75, 3.05) is 31.1 Å². The summed E-state index contributed by atoms with van der Waals surface area (Å²) < 4.78 is 0. The number of amides is 1. The molecule has 1 atom stereocenters. The number of nitrogens with two attached hydrogens (primary N) is 1. The molecule has 2 rings (SSSR count). The third-order valence-electron chi connectivity index (χ3n) is 3.96. The number of anilines is 1. The molecule has 1 aliphatic rings. The first kappa shape index (κ1) is 14.8. The van der Waals surface area contributed by atoms with E-state index in [0.29, 0.717) is 0 Å². The van der Waals surface area contributed by atoms with Gasteiger partial charge in [-0.1, -0.05) is 6.92 Å². The summed E-state index contributed by atoms with van der Waals surface area (Å²) in [6, 6.07) is 2.19. The van der Waals surface area contributed by atoms with Gasteiger partial charge < -0.3 is 15.5 Å². The lowest BCUT2D eigenvalue weighted by Crippen LogP contribution is -2.48. The maximum atomic E-state index is 11.3. The summed E-state index contributed by atoms with van der Waals surface area (Å²) in [6.07, 6.45) is 2.80. The Kier molecular flexibility index (Phi) is 4.60. The Morgan fingerprint density at radius 3 is 2.55 bits per heavy atom. The maximum Gasteiger partial charge on any atom is 0.219 e. The minimum Gasteiger partial charge on any atom is -0.353 e. The van der Waals surface area contributed by atoms with Crippen LogP contribution in [0.3, 0.4) is 0 Å². The van der Waals surface area contributed by atoms with Crippen LogP contribution >= 0.6 is 0 Å². The molecule has 1 saturated heterocycles. The van der Waals surface area contributed by atoms with Crippen molar-refractivity contribution >= 4 is 11.7 Å². The second-order valence-electron chi connectivity index (χ2n) is 5.42. The van der Waals surface area contributed by atoms with Crippen LogP contribution in [0.2, 0.25) is 0 Å². The van der Waals surface area contributed by atoms with Gasteiger partial charge in [0.2, 0.25) is 5.91 Å². The number of aryl methyl sites for hydroxylation is 1. The topological polar surface area (TPSA) is 62.5 Å². The van der Waals surface area contributed by atoms with Crippen molar-refractivity contribution in [2.45, 2.75) is 33.2 Å². The highest BCUT2D eigenvalue weighted by molar-refractivity contribution is 5.73. The van der Waals surface area contributed by atoms with E-state index in [9.17, 15) is 4.79 Å². The van der Waals surface area contributed by atoms with Gasteiger partial charge in [0.25, 0.3) is 0 Å². The molecule has 2 N–H and O–H groups in total. The molecule has 110 valence electrons. The van der Waals surface area contributed by atoms with Gasteiger partial charge in [-0.3, -0.25) is 4.79 Å². The van der Waals surface area contributed by atoms with Gasteiger partial charge in [0.1, 0.15) is 5.82 Å². The van der Waals surface area contributed by atoms with E-state index >= 15 is 0 Å². The van der Waals surface area contributed by atoms with E-state index in [1.807, 2.05) is 11.1 Å². The molecule has 2 heterocycles. The summed E-state index contributed by atoms with van der Waals surface area (Å²) in [7, 11) is 0. The molecular formula is C15H24N4O. The fourth-order valence-corrected chi connectivity index (χ4v) is 2.59. The van der Waals surface area contributed by atoms with Crippen LogP contribution in [-0.4, -0.2) is 42.0 Å². The van der Waals surface area contributed by atoms with Crippen LogP contribution in [0.15, 0.2) is 12.3 Å². The fraction of sp³-hybridized carbons (Fsp3) is 0.600. The third-order valence-corrected chi connectivity index (χ3v) is 3.96. The van der Waals surface area contributed by atoms with Crippen molar-refractivity contribution in [1.29, 1.82) is 0 Å². The predicted molar refractivity (Wildman–Crippen MR) is 80.7 cm³/mol. The summed E-state index contributed by atoms with van der Waals surface area (Å²) in [5.74, 6) is 1.17. The summed E-state index contributed by atoms with van der Waals surface area (Å²) in [4.78, 5) is 20.1. The minimum atomic E-state index is 0.0600. The van der Waals surface area contributed by atoms with Crippen LogP contribution in [0.1, 0.15) is 37.4 Å². The predicted octanol–water partition coefficient (Wildman–Crippen LogP) is 1.47. The maximum absolute atomic E-state index is 11.3. The lowest BCUT2D eigenvalue weighted by atomic mass is 10.1. The molecule has 1 aliphatic heterocycles. The number of nitrogens with zero attached hydrogens (tertiary/aromatic N) is 3. The van der Waals surface area contributed by atoms with Gasteiger partial charge in [-0.05, 0) is 30.5 Å². The number of aromatic nitrogens is 1. The minimum absolute atomic E-state index is 0.0600. The second kappa shape index (κ2) is 6.22. The number of carbonyl (C=O) groups excluding carboxylic acids is 1. The van der Waals surface area contributed by atoms with Crippen molar-refractivity contribution < 1.29 is 4.79 Å². The average Bonchev–Trinajstić information content (AvgIpc) is 2.46. The summed E-state index contributed by atoms with van der Waals surface area (Å²) in [5, 5.41) is 0. The molecule has 0 aromatic carbocycles. The largest absolute Gasteiger partial charge is 0.353 e. The van der Waals surface area contributed by atoms with Crippen LogP contribution in [-0.2, 0) is 4.79 Å². The molecule has 0 aliphatic carbocycles. The fourth-order valence-electron chi connectivity index (χ4n) is 2.59. The lowest BCUT2D eigenvalue weighted by molar-refractivity contribution is -0.129. The first-order chi connectivity index (χ1) is 9.52. The summed E-state index contributed by atoms with van der Waals surface area (Å²) in [5.41, 5.74) is 8.29. The number of hydrogen-bond acceptors (Lipinski definition) is 4. The molecule has 20 heavy (non-hydrogen) atoms. The van der Waals surface area contributed by atoms with Gasteiger partial charge in [-0.2, -0.15) is 0 Å². The monoisotopic (exact) mass is 276 g/mol. The smallest absolute Gasteiger partial charge is 0.219 e. The number of rotatable bonds is 3. The van der Waals surface area contributed by atoms with Crippen molar-refractivity contribution in [3.63, 3.8) is 0 Å². The molecule has 0 bridgehead atoms. The average molecular weight is 276 g/mol. The molecule has 1 aromatic rings. The Morgan fingerprint density at radius 2 is 2.05 bits per heavy atom. The Morgan fingerprint density at radius 1 is 1.40 bits per heavy atom. The lowest BCUT2D eigenvalue weighted by Gasteiger charge is -2.35. The van der Waals surface area contributed by atoms with Crippen molar-refractivity contribution in [1.82, 2.24) is 9.88 Å². The van der Waals surface area contributed by atoms with Crippen molar-refractivity contribution in [3.05, 3.63) is 23.4 Å². The standard InChI is InChI=1S/C15H24N4O/c1-4-14(16)13-9-11(2)15(17-10-13)19-7-5-18(6-8-19)12(3)20/h9-10,14H,4-8,16H2,1-3H3/t14-/m1/s1. The van der Waals surface area contributed by atoms with Crippen molar-refractivity contribution in [2.24, 2.45) is 5.73 Å². The number of piperazine rings is 1. The molecule has 5 nitrogen and oxygen atoms in total. The van der Waals surface area contributed by atoms with Crippen LogP contribution in [0, 0.1) is 6.92 Å². The Hall–Kier alpha value is -1.62.